The fraction of sp³-hybridized carbons (Fsp3) is 0.333. The standard InChI is InChI=1S/C3H4O4S/c4-2(5)1-8-3(6)7/h1H2,(H,4,5)(H,6,7). The molecule has 0 heterocycles. The fourth-order valence-corrected chi connectivity index (χ4v) is 0.370. The molecule has 8 heavy (non-hydrogen) atoms. The van der Waals surface area contributed by atoms with Gasteiger partial charge in [0.25, 0.3) is 0 Å². The molecule has 0 aliphatic heterocycles. The van der Waals surface area contributed by atoms with Crippen LogP contribution < -0.4 is 0 Å². The van der Waals surface area contributed by atoms with Crippen LogP contribution in [0.25, 0.3) is 0 Å². The molecule has 0 saturated heterocycles. The molecule has 0 atom stereocenters. The normalized spacial score (nSPS) is 8.50. The molecule has 0 bridgehead atoms. The zero-order chi connectivity index (χ0) is 6.57. The van der Waals surface area contributed by atoms with Crippen molar-refractivity contribution in [3.05, 3.63) is 0 Å². The van der Waals surface area contributed by atoms with Crippen LogP contribution in [0, 0.1) is 0 Å². The van der Waals surface area contributed by atoms with Crippen molar-refractivity contribution in [2.24, 2.45) is 0 Å². The van der Waals surface area contributed by atoms with E-state index < -0.39 is 11.3 Å². The molecule has 0 aromatic heterocycles. The summed E-state index contributed by atoms with van der Waals surface area (Å²) in [5.41, 5.74) is 0. The van der Waals surface area contributed by atoms with Gasteiger partial charge in [-0.2, -0.15) is 0 Å². The van der Waals surface area contributed by atoms with Crippen molar-refractivity contribution in [3.8, 4) is 0 Å². The summed E-state index contributed by atoms with van der Waals surface area (Å²) in [4.78, 5) is 19.2. The third-order valence-electron chi connectivity index (χ3n) is 0.319. The summed E-state index contributed by atoms with van der Waals surface area (Å²) in [6.45, 7) is 0. The van der Waals surface area contributed by atoms with E-state index in [9.17, 15) is 9.59 Å². The summed E-state index contributed by atoms with van der Waals surface area (Å²) in [5.74, 6) is -1.49. The number of thioether (sulfide) groups is 1. The van der Waals surface area contributed by atoms with Crippen molar-refractivity contribution in [1.82, 2.24) is 0 Å². The summed E-state index contributed by atoms with van der Waals surface area (Å²) < 4.78 is 0. The Balaban J connectivity index is 3.18. The maximum atomic E-state index is 9.62. The molecule has 0 saturated carbocycles. The molecule has 0 rings (SSSR count). The van der Waals surface area contributed by atoms with E-state index >= 15 is 0 Å². The van der Waals surface area contributed by atoms with Gasteiger partial charge in [0.05, 0.1) is 0 Å². The first-order valence-corrected chi connectivity index (χ1v) is 2.69. The highest BCUT2D eigenvalue weighted by atomic mass is 32.2. The third-order valence-corrected chi connectivity index (χ3v) is 0.957. The summed E-state index contributed by atoms with van der Waals surface area (Å²) in [6.07, 6.45) is 0. The third kappa shape index (κ3) is 5.29. The number of aliphatic carboxylic acids is 1. The predicted octanol–water partition coefficient (Wildman–Crippen LogP) is 0.482. The molecule has 0 fully saturated rings. The van der Waals surface area contributed by atoms with Crippen LogP contribution in [0.5, 0.6) is 0 Å². The van der Waals surface area contributed by atoms with Crippen LogP contribution >= 0.6 is 11.8 Å². The molecule has 0 unspecified atom stereocenters. The van der Waals surface area contributed by atoms with E-state index in [1.54, 1.807) is 0 Å². The van der Waals surface area contributed by atoms with Crippen molar-refractivity contribution in [2.45, 2.75) is 0 Å². The van der Waals surface area contributed by atoms with Gasteiger partial charge in [0, 0.05) is 0 Å². The Morgan fingerprint density at radius 1 is 1.38 bits per heavy atom. The highest BCUT2D eigenvalue weighted by Gasteiger charge is 2.01. The molecule has 5 heteroatoms. The van der Waals surface area contributed by atoms with Crippen LogP contribution in [0.2, 0.25) is 0 Å². The van der Waals surface area contributed by atoms with Crippen LogP contribution in [0.4, 0.5) is 4.79 Å². The Kier molecular flexibility index (Phi) is 3.02. The minimum Gasteiger partial charge on any atom is -0.481 e. The van der Waals surface area contributed by atoms with E-state index in [2.05, 4.69) is 0 Å². The van der Waals surface area contributed by atoms with Gasteiger partial charge < -0.3 is 10.2 Å². The van der Waals surface area contributed by atoms with Crippen LogP contribution in [-0.2, 0) is 4.79 Å². The second-order valence-electron chi connectivity index (χ2n) is 0.948. The average Bonchev–Trinajstić information content (AvgIpc) is 1.61. The first-order chi connectivity index (χ1) is 3.63. The van der Waals surface area contributed by atoms with Crippen LogP contribution in [-0.4, -0.2) is 27.2 Å². The van der Waals surface area contributed by atoms with E-state index in [-0.39, 0.29) is 5.75 Å². The van der Waals surface area contributed by atoms with Gasteiger partial charge in [-0.25, -0.2) is 4.79 Å². The molecule has 0 aliphatic carbocycles. The van der Waals surface area contributed by atoms with Gasteiger partial charge >= 0.3 is 11.3 Å². The van der Waals surface area contributed by atoms with Crippen LogP contribution in [0.15, 0.2) is 0 Å². The topological polar surface area (TPSA) is 74.6 Å². The molecule has 0 aromatic carbocycles. The van der Waals surface area contributed by atoms with Crippen molar-refractivity contribution >= 4 is 23.0 Å². The Hall–Kier alpha value is -0.710. The van der Waals surface area contributed by atoms with Crippen LogP contribution in [0.3, 0.4) is 0 Å². The van der Waals surface area contributed by atoms with Crippen molar-refractivity contribution in [2.75, 3.05) is 5.75 Å². The van der Waals surface area contributed by atoms with Gasteiger partial charge in [0.2, 0.25) is 0 Å². The Morgan fingerprint density at radius 3 is 2.00 bits per heavy atom. The van der Waals surface area contributed by atoms with Gasteiger partial charge in [-0.3, -0.25) is 4.79 Å². The van der Waals surface area contributed by atoms with E-state index in [0.29, 0.717) is 11.8 Å². The number of carboxylic acids is 1. The lowest BCUT2D eigenvalue weighted by Crippen LogP contribution is -2.00. The second-order valence-corrected chi connectivity index (χ2v) is 1.87. The molecule has 0 spiro atoms. The van der Waals surface area contributed by atoms with E-state index in [4.69, 9.17) is 10.2 Å². The lowest BCUT2D eigenvalue weighted by atomic mass is 10.8. The first-order valence-electron chi connectivity index (χ1n) is 1.70. The van der Waals surface area contributed by atoms with Gasteiger partial charge in [-0.05, 0) is 11.8 Å². The lowest BCUT2D eigenvalue weighted by Gasteiger charge is -1.84. The van der Waals surface area contributed by atoms with Crippen LogP contribution in [0.1, 0.15) is 0 Å². The maximum absolute atomic E-state index is 9.62. The van der Waals surface area contributed by atoms with Gasteiger partial charge in [-0.1, -0.05) is 0 Å². The zero-order valence-corrected chi connectivity index (χ0v) is 4.64. The summed E-state index contributed by atoms with van der Waals surface area (Å²) in [7, 11) is 0. The average molecular weight is 136 g/mol. The van der Waals surface area contributed by atoms with Crippen molar-refractivity contribution in [3.63, 3.8) is 0 Å². The lowest BCUT2D eigenvalue weighted by molar-refractivity contribution is -0.133. The number of carboxylic acid groups (broad SMARTS) is 2. The number of carbonyl (C=O) groups is 2. The number of hydrogen-bond acceptors (Lipinski definition) is 3. The van der Waals surface area contributed by atoms with E-state index in [1.165, 1.54) is 0 Å². The molecule has 0 aliphatic rings. The van der Waals surface area contributed by atoms with E-state index in [1.807, 2.05) is 0 Å². The first kappa shape index (κ1) is 7.29. The number of rotatable bonds is 2. The molecule has 0 radical (unpaired) electrons. The molecule has 0 amide bonds. The predicted molar refractivity (Wildman–Crippen MR) is 28.1 cm³/mol. The molecule has 2 N–H and O–H groups in total. The molecule has 4 nitrogen and oxygen atoms in total. The zero-order valence-electron chi connectivity index (χ0n) is 3.83. The monoisotopic (exact) mass is 136 g/mol. The maximum Gasteiger partial charge on any atom is 0.365 e. The summed E-state index contributed by atoms with van der Waals surface area (Å²) in [5, 5.41) is 14.6. The van der Waals surface area contributed by atoms with Gasteiger partial charge in [-0.15, -0.1) is 0 Å². The minimum absolute atomic E-state index is 0.356. The van der Waals surface area contributed by atoms with Crippen molar-refractivity contribution < 1.29 is 19.8 Å². The molecular formula is C3H4O4S. The summed E-state index contributed by atoms with van der Waals surface area (Å²) >= 11 is 0.356. The summed E-state index contributed by atoms with van der Waals surface area (Å²) in [6, 6.07) is 0. The Morgan fingerprint density at radius 2 is 1.88 bits per heavy atom. The highest BCUT2D eigenvalue weighted by molar-refractivity contribution is 8.13. The SMILES string of the molecule is O=C(O)CSC(=O)O. The Bertz CT molecular complexity index is 95.9. The second kappa shape index (κ2) is 3.31. The minimum atomic E-state index is -1.16. The molecule has 0 aromatic rings. The highest BCUT2D eigenvalue weighted by Crippen LogP contribution is 1.98. The fourth-order valence-electron chi connectivity index (χ4n) is 0.123. The quantitative estimate of drug-likeness (QED) is 0.577. The largest absolute Gasteiger partial charge is 0.481 e. The van der Waals surface area contributed by atoms with Gasteiger partial charge in [0.15, 0.2) is 0 Å². The van der Waals surface area contributed by atoms with Crippen molar-refractivity contribution in [1.29, 1.82) is 0 Å². The smallest absolute Gasteiger partial charge is 0.365 e. The molecule has 46 valence electrons. The Labute approximate surface area is 49.5 Å². The molecular weight excluding hydrogens is 132 g/mol. The van der Waals surface area contributed by atoms with E-state index in [0.717, 1.165) is 0 Å². The number of hydrogen-bond donors (Lipinski definition) is 2. The van der Waals surface area contributed by atoms with Gasteiger partial charge in [0.1, 0.15) is 5.75 Å².